The highest BCUT2D eigenvalue weighted by molar-refractivity contribution is 6.27. The molecule has 0 amide bonds. The minimum Gasteiger partial charge on any atom is -0.315 e. The van der Waals surface area contributed by atoms with Crippen molar-refractivity contribution in [1.82, 2.24) is 4.57 Å². The zero-order valence-electron chi connectivity index (χ0n) is 8.60. The van der Waals surface area contributed by atoms with E-state index in [0.29, 0.717) is 0 Å². The lowest BCUT2D eigenvalue weighted by atomic mass is 10.2. The number of hydrogen-bond donors (Lipinski definition) is 0. The van der Waals surface area contributed by atoms with E-state index in [9.17, 15) is 0 Å². The molecule has 0 aliphatic carbocycles. The third-order valence-corrected chi connectivity index (χ3v) is 2.94. The number of nitrogens with zero attached hydrogens (tertiary/aromatic N) is 1. The second-order valence-electron chi connectivity index (χ2n) is 3.68. The van der Waals surface area contributed by atoms with Gasteiger partial charge in [-0.25, -0.2) is 0 Å². The van der Waals surface area contributed by atoms with Crippen molar-refractivity contribution in [1.29, 1.82) is 0 Å². The van der Waals surface area contributed by atoms with Gasteiger partial charge >= 0.3 is 0 Å². The molecule has 0 N–H and O–H groups in total. The highest BCUT2D eigenvalue weighted by Gasteiger charge is 2.06. The molecule has 3 aromatic rings. The molecule has 0 aliphatic rings. The van der Waals surface area contributed by atoms with Crippen molar-refractivity contribution < 1.29 is 0 Å². The fraction of sp³-hybridized carbons (Fsp3) is 0. The number of aromatic nitrogens is 1. The van der Waals surface area contributed by atoms with E-state index in [2.05, 4.69) is 41.0 Å². The maximum atomic E-state index is 5.69. The number of halogens is 1. The molecule has 3 rings (SSSR count). The summed E-state index contributed by atoms with van der Waals surface area (Å²) in [5.41, 5.74) is 3.90. The van der Waals surface area contributed by atoms with Crippen molar-refractivity contribution in [3.05, 3.63) is 54.1 Å². The molecule has 0 saturated carbocycles. The lowest BCUT2D eigenvalue weighted by Crippen LogP contribution is -1.83. The van der Waals surface area contributed by atoms with Crippen LogP contribution >= 0.6 is 11.6 Å². The zero-order valence-corrected chi connectivity index (χ0v) is 9.35. The summed E-state index contributed by atoms with van der Waals surface area (Å²) in [6.07, 6.45) is 1.88. The van der Waals surface area contributed by atoms with Crippen LogP contribution in [0.1, 0.15) is 0 Å². The van der Waals surface area contributed by atoms with Gasteiger partial charge in [0.05, 0.1) is 11.0 Å². The smallest absolute Gasteiger partial charge is 0.0535 e. The summed E-state index contributed by atoms with van der Waals surface area (Å²) in [5.74, 6) is 0. The molecular formula is C14H10ClN. The maximum Gasteiger partial charge on any atom is 0.0535 e. The largest absolute Gasteiger partial charge is 0.315 e. The molecule has 0 aliphatic heterocycles. The molecule has 1 heterocycles. The van der Waals surface area contributed by atoms with Crippen LogP contribution in [0.5, 0.6) is 0 Å². The number of para-hydroxylation sites is 2. The summed E-state index contributed by atoms with van der Waals surface area (Å²) >= 11 is 5.69. The number of benzene rings is 2. The first-order valence-corrected chi connectivity index (χ1v) is 5.60. The fourth-order valence-corrected chi connectivity index (χ4v) is 2.28. The number of fused-ring (bicyclic) bond motifs is 3. The van der Waals surface area contributed by atoms with E-state index in [1.54, 1.807) is 5.54 Å². The third-order valence-electron chi connectivity index (χ3n) is 2.82. The van der Waals surface area contributed by atoms with Crippen LogP contribution in [-0.2, 0) is 0 Å². The first kappa shape index (κ1) is 9.49. The van der Waals surface area contributed by atoms with Crippen LogP contribution < -0.4 is 0 Å². The van der Waals surface area contributed by atoms with E-state index in [0.717, 1.165) is 0 Å². The van der Waals surface area contributed by atoms with E-state index < -0.39 is 0 Å². The average molecular weight is 228 g/mol. The first-order chi connectivity index (χ1) is 7.92. The second-order valence-corrected chi connectivity index (χ2v) is 3.93. The average Bonchev–Trinajstić information content (AvgIpc) is 2.66. The molecule has 1 nitrogen and oxygen atoms in total. The van der Waals surface area contributed by atoms with E-state index >= 15 is 0 Å². The van der Waals surface area contributed by atoms with Crippen molar-refractivity contribution >= 4 is 39.6 Å². The summed E-state index contributed by atoms with van der Waals surface area (Å²) in [7, 11) is 0. The molecule has 0 unspecified atom stereocenters. The molecule has 16 heavy (non-hydrogen) atoms. The Morgan fingerprint density at radius 3 is 1.81 bits per heavy atom. The highest BCUT2D eigenvalue weighted by atomic mass is 35.5. The van der Waals surface area contributed by atoms with Gasteiger partial charge in [0.2, 0.25) is 0 Å². The topological polar surface area (TPSA) is 4.93 Å². The van der Waals surface area contributed by atoms with Gasteiger partial charge in [-0.15, -0.1) is 0 Å². The van der Waals surface area contributed by atoms with E-state index in [4.69, 9.17) is 11.6 Å². The Bertz CT molecular complexity index is 626. The minimum atomic E-state index is 1.18. The van der Waals surface area contributed by atoms with Gasteiger partial charge in [-0.2, -0.15) is 0 Å². The molecule has 0 spiro atoms. The van der Waals surface area contributed by atoms with Gasteiger partial charge < -0.3 is 4.57 Å². The first-order valence-electron chi connectivity index (χ1n) is 5.16. The SMILES string of the molecule is Cl/C=C\n1c2ccccc2c2ccccc21. The molecular weight excluding hydrogens is 218 g/mol. The summed E-state index contributed by atoms with van der Waals surface area (Å²) < 4.78 is 2.11. The van der Waals surface area contributed by atoms with Crippen LogP contribution in [0.3, 0.4) is 0 Å². The molecule has 0 fully saturated rings. The van der Waals surface area contributed by atoms with Crippen molar-refractivity contribution in [2.24, 2.45) is 0 Å². The van der Waals surface area contributed by atoms with E-state index in [1.165, 1.54) is 21.8 Å². The van der Waals surface area contributed by atoms with Crippen LogP contribution in [0, 0.1) is 0 Å². The van der Waals surface area contributed by atoms with Crippen molar-refractivity contribution in [2.45, 2.75) is 0 Å². The van der Waals surface area contributed by atoms with Gasteiger partial charge in [-0.05, 0) is 12.1 Å². The Morgan fingerprint density at radius 2 is 1.31 bits per heavy atom. The quantitative estimate of drug-likeness (QED) is 0.578. The van der Waals surface area contributed by atoms with Gasteiger partial charge in [0.25, 0.3) is 0 Å². The van der Waals surface area contributed by atoms with Crippen LogP contribution in [0.4, 0.5) is 0 Å². The Kier molecular flexibility index (Phi) is 2.19. The standard InChI is InChI=1S/C14H10ClN/c15-9-10-16-13-7-3-1-5-11(13)12-6-2-4-8-14(12)16/h1-10H/b10-9-. The van der Waals surface area contributed by atoms with Gasteiger partial charge in [0.1, 0.15) is 0 Å². The predicted molar refractivity (Wildman–Crippen MR) is 70.6 cm³/mol. The maximum absolute atomic E-state index is 5.69. The summed E-state index contributed by atoms with van der Waals surface area (Å²) in [6.45, 7) is 0. The van der Waals surface area contributed by atoms with Crippen LogP contribution in [-0.4, -0.2) is 4.57 Å². The molecule has 2 heteroatoms. The van der Waals surface area contributed by atoms with E-state index in [-0.39, 0.29) is 0 Å². The van der Waals surface area contributed by atoms with E-state index in [1.807, 2.05) is 18.3 Å². The zero-order chi connectivity index (χ0) is 11.0. The summed E-state index contributed by atoms with van der Waals surface area (Å²) in [4.78, 5) is 0. The van der Waals surface area contributed by atoms with Crippen LogP contribution in [0.15, 0.2) is 54.1 Å². The third kappa shape index (κ3) is 1.25. The van der Waals surface area contributed by atoms with Gasteiger partial charge in [0.15, 0.2) is 0 Å². The molecule has 0 atom stereocenters. The Balaban J connectivity index is 2.59. The molecule has 1 aromatic heterocycles. The summed E-state index contributed by atoms with van der Waals surface area (Å²) in [5, 5.41) is 2.51. The number of rotatable bonds is 1. The minimum absolute atomic E-state index is 1.18. The number of hydrogen-bond acceptors (Lipinski definition) is 0. The second kappa shape index (κ2) is 3.69. The van der Waals surface area contributed by atoms with Crippen LogP contribution in [0.25, 0.3) is 28.0 Å². The van der Waals surface area contributed by atoms with Gasteiger partial charge in [0, 0.05) is 22.5 Å². The molecule has 0 bridgehead atoms. The fourth-order valence-electron chi connectivity index (χ4n) is 2.17. The van der Waals surface area contributed by atoms with Crippen molar-refractivity contribution in [3.8, 4) is 0 Å². The molecule has 0 saturated heterocycles. The summed E-state index contributed by atoms with van der Waals surface area (Å²) in [6, 6.07) is 16.7. The Labute approximate surface area is 98.6 Å². The lowest BCUT2D eigenvalue weighted by Gasteiger charge is -1.98. The Hall–Kier alpha value is -1.73. The molecule has 2 aromatic carbocycles. The lowest BCUT2D eigenvalue weighted by molar-refractivity contribution is 1.29. The highest BCUT2D eigenvalue weighted by Crippen LogP contribution is 2.28. The van der Waals surface area contributed by atoms with Crippen LogP contribution in [0.2, 0.25) is 0 Å². The molecule has 0 radical (unpaired) electrons. The van der Waals surface area contributed by atoms with Crippen molar-refractivity contribution in [3.63, 3.8) is 0 Å². The predicted octanol–water partition coefficient (Wildman–Crippen LogP) is 4.46. The molecule has 78 valence electrons. The monoisotopic (exact) mass is 227 g/mol. The van der Waals surface area contributed by atoms with Gasteiger partial charge in [-0.1, -0.05) is 48.0 Å². The normalized spacial score (nSPS) is 11.8. The Morgan fingerprint density at radius 1 is 0.812 bits per heavy atom. The van der Waals surface area contributed by atoms with Gasteiger partial charge in [-0.3, -0.25) is 0 Å². The van der Waals surface area contributed by atoms with Crippen molar-refractivity contribution in [2.75, 3.05) is 0 Å².